The Kier molecular flexibility index (Phi) is 6.30. The van der Waals surface area contributed by atoms with Crippen molar-refractivity contribution >= 4 is 44.8 Å². The van der Waals surface area contributed by atoms with Gasteiger partial charge in [-0.05, 0) is 46.5 Å². The third-order valence-corrected chi connectivity index (χ3v) is 6.53. The lowest BCUT2D eigenvalue weighted by Gasteiger charge is -2.11. The van der Waals surface area contributed by atoms with Crippen molar-refractivity contribution in [3.63, 3.8) is 0 Å². The molecule has 5 aromatic rings. The van der Waals surface area contributed by atoms with Crippen molar-refractivity contribution in [3.05, 3.63) is 107 Å². The third kappa shape index (κ3) is 4.53. The van der Waals surface area contributed by atoms with Gasteiger partial charge in [0.1, 0.15) is 11.3 Å². The molecule has 0 aliphatic heterocycles. The number of carbonyl (C=O) groups is 1. The van der Waals surface area contributed by atoms with Gasteiger partial charge in [-0.1, -0.05) is 72.3 Å². The lowest BCUT2D eigenvalue weighted by atomic mass is 9.96. The van der Waals surface area contributed by atoms with Gasteiger partial charge < -0.3 is 14.5 Å². The maximum absolute atomic E-state index is 12.7. The fraction of sp³-hybridized carbons (Fsp3) is 0.100. The minimum absolute atomic E-state index is 0.203. The Hall–Kier alpha value is -4.02. The van der Waals surface area contributed by atoms with Gasteiger partial charge in [0.25, 0.3) is 0 Å². The Morgan fingerprint density at radius 3 is 2.57 bits per heavy atom. The SMILES string of the molecule is COc1cc2occ(-c3cccc4ccccc34)c2cc1/C(C)=C/C(=O)NCc1ccccc1Cl. The highest BCUT2D eigenvalue weighted by Gasteiger charge is 2.16. The molecule has 4 nitrogen and oxygen atoms in total. The number of halogens is 1. The van der Waals surface area contributed by atoms with E-state index in [4.69, 9.17) is 20.8 Å². The monoisotopic (exact) mass is 481 g/mol. The highest BCUT2D eigenvalue weighted by atomic mass is 35.5. The number of allylic oxidation sites excluding steroid dienone is 1. The Labute approximate surface area is 208 Å². The zero-order valence-electron chi connectivity index (χ0n) is 19.5. The smallest absolute Gasteiger partial charge is 0.244 e. The first-order chi connectivity index (χ1) is 17.0. The average molecular weight is 482 g/mol. The summed E-state index contributed by atoms with van der Waals surface area (Å²) in [6.07, 6.45) is 3.36. The highest BCUT2D eigenvalue weighted by molar-refractivity contribution is 6.31. The van der Waals surface area contributed by atoms with Crippen LogP contribution in [0.15, 0.2) is 95.6 Å². The summed E-state index contributed by atoms with van der Waals surface area (Å²) in [5, 5.41) is 6.81. The molecule has 174 valence electrons. The van der Waals surface area contributed by atoms with Gasteiger partial charge >= 0.3 is 0 Å². The number of methoxy groups -OCH3 is 1. The molecule has 0 radical (unpaired) electrons. The number of furan rings is 1. The second-order valence-electron chi connectivity index (χ2n) is 8.36. The van der Waals surface area contributed by atoms with Crippen LogP contribution in [-0.2, 0) is 11.3 Å². The summed E-state index contributed by atoms with van der Waals surface area (Å²) in [4.78, 5) is 12.7. The molecule has 1 aromatic heterocycles. The number of hydrogen-bond donors (Lipinski definition) is 1. The van der Waals surface area contributed by atoms with Crippen LogP contribution < -0.4 is 10.1 Å². The molecule has 0 aliphatic rings. The van der Waals surface area contributed by atoms with Crippen molar-refractivity contribution in [1.29, 1.82) is 0 Å². The molecule has 0 bridgehead atoms. The van der Waals surface area contributed by atoms with Gasteiger partial charge in [0.15, 0.2) is 0 Å². The zero-order chi connectivity index (χ0) is 24.4. The summed E-state index contributed by atoms with van der Waals surface area (Å²) in [6.45, 7) is 2.25. The van der Waals surface area contributed by atoms with Gasteiger partial charge in [0.2, 0.25) is 5.91 Å². The van der Waals surface area contributed by atoms with E-state index in [1.807, 2.05) is 55.5 Å². The Bertz CT molecular complexity index is 1580. The summed E-state index contributed by atoms with van der Waals surface area (Å²) >= 11 is 6.20. The van der Waals surface area contributed by atoms with Crippen LogP contribution in [-0.4, -0.2) is 13.0 Å². The molecule has 1 N–H and O–H groups in total. The van der Waals surface area contributed by atoms with E-state index in [1.165, 1.54) is 5.39 Å². The van der Waals surface area contributed by atoms with Crippen LogP contribution in [0.2, 0.25) is 5.02 Å². The van der Waals surface area contributed by atoms with Crippen molar-refractivity contribution in [3.8, 4) is 16.9 Å². The minimum atomic E-state index is -0.203. The van der Waals surface area contributed by atoms with Crippen LogP contribution in [0.4, 0.5) is 0 Å². The second kappa shape index (κ2) is 9.69. The molecule has 0 saturated heterocycles. The van der Waals surface area contributed by atoms with Crippen LogP contribution in [0.3, 0.4) is 0 Å². The first-order valence-corrected chi connectivity index (χ1v) is 11.7. The molecule has 0 aliphatic carbocycles. The largest absolute Gasteiger partial charge is 0.496 e. The minimum Gasteiger partial charge on any atom is -0.496 e. The molecule has 0 fully saturated rings. The van der Waals surface area contributed by atoms with Gasteiger partial charge in [-0.3, -0.25) is 4.79 Å². The van der Waals surface area contributed by atoms with Crippen LogP contribution >= 0.6 is 11.6 Å². The normalized spacial score (nSPS) is 11.7. The molecule has 35 heavy (non-hydrogen) atoms. The van der Waals surface area contributed by atoms with Crippen LogP contribution in [0.5, 0.6) is 5.75 Å². The third-order valence-electron chi connectivity index (χ3n) is 6.16. The van der Waals surface area contributed by atoms with Crippen molar-refractivity contribution in [1.82, 2.24) is 5.32 Å². The van der Waals surface area contributed by atoms with Gasteiger partial charge in [0.05, 0.1) is 13.4 Å². The fourth-order valence-electron chi connectivity index (χ4n) is 4.35. The number of amides is 1. The molecule has 1 heterocycles. The van der Waals surface area contributed by atoms with Gasteiger partial charge in [-0.25, -0.2) is 0 Å². The number of hydrogen-bond acceptors (Lipinski definition) is 3. The van der Waals surface area contributed by atoms with Crippen molar-refractivity contribution in [2.45, 2.75) is 13.5 Å². The lowest BCUT2D eigenvalue weighted by Crippen LogP contribution is -2.20. The van der Waals surface area contributed by atoms with E-state index in [0.29, 0.717) is 17.3 Å². The number of nitrogens with one attached hydrogen (secondary N) is 1. The standard InChI is InChI=1S/C30H24ClNO3/c1-19(14-30(33)32-17-21-9-4-6-13-27(21)31)24-15-25-26(18-35-29(25)16-28(24)34-2)23-12-7-10-20-8-3-5-11-22(20)23/h3-16,18H,17H2,1-2H3,(H,32,33)/b19-14+. The Morgan fingerprint density at radius 2 is 1.74 bits per heavy atom. The predicted molar refractivity (Wildman–Crippen MR) is 143 cm³/mol. The quantitative estimate of drug-likeness (QED) is 0.253. The summed E-state index contributed by atoms with van der Waals surface area (Å²) in [6, 6.07) is 25.9. The van der Waals surface area contributed by atoms with E-state index in [0.717, 1.165) is 44.2 Å². The zero-order valence-corrected chi connectivity index (χ0v) is 20.2. The summed E-state index contributed by atoms with van der Waals surface area (Å²) in [5.41, 5.74) is 5.30. The van der Waals surface area contributed by atoms with Gasteiger partial charge in [-0.2, -0.15) is 0 Å². The fourth-order valence-corrected chi connectivity index (χ4v) is 4.55. The summed E-state index contributed by atoms with van der Waals surface area (Å²) in [7, 11) is 1.62. The number of carbonyl (C=O) groups excluding carboxylic acids is 1. The van der Waals surface area contributed by atoms with Crippen molar-refractivity contribution < 1.29 is 13.9 Å². The number of ether oxygens (including phenoxy) is 1. The topological polar surface area (TPSA) is 51.5 Å². The summed E-state index contributed by atoms with van der Waals surface area (Å²) < 4.78 is 11.6. The van der Waals surface area contributed by atoms with Crippen molar-refractivity contribution in [2.24, 2.45) is 0 Å². The predicted octanol–water partition coefficient (Wildman–Crippen LogP) is 7.63. The number of benzene rings is 4. The maximum Gasteiger partial charge on any atom is 0.244 e. The van der Waals surface area contributed by atoms with E-state index < -0.39 is 0 Å². The van der Waals surface area contributed by atoms with Crippen LogP contribution in [0.1, 0.15) is 18.1 Å². The van der Waals surface area contributed by atoms with Crippen molar-refractivity contribution in [2.75, 3.05) is 7.11 Å². The molecule has 0 spiro atoms. The Morgan fingerprint density at radius 1 is 0.971 bits per heavy atom. The van der Waals surface area contributed by atoms with E-state index in [9.17, 15) is 4.79 Å². The second-order valence-corrected chi connectivity index (χ2v) is 8.77. The average Bonchev–Trinajstić information content (AvgIpc) is 3.29. The van der Waals surface area contributed by atoms with E-state index in [-0.39, 0.29) is 5.91 Å². The molecular formula is C30H24ClNO3. The Balaban J connectivity index is 1.51. The van der Waals surface area contributed by atoms with Gasteiger partial charge in [0, 0.05) is 40.2 Å². The maximum atomic E-state index is 12.7. The number of rotatable bonds is 6. The van der Waals surface area contributed by atoms with E-state index in [2.05, 4.69) is 35.6 Å². The first-order valence-electron chi connectivity index (χ1n) is 11.3. The molecule has 0 saturated carbocycles. The molecule has 4 aromatic carbocycles. The molecular weight excluding hydrogens is 458 g/mol. The summed E-state index contributed by atoms with van der Waals surface area (Å²) in [5.74, 6) is 0.440. The molecule has 5 rings (SSSR count). The molecule has 1 amide bonds. The van der Waals surface area contributed by atoms with Gasteiger partial charge in [-0.15, -0.1) is 0 Å². The van der Waals surface area contributed by atoms with Crippen LogP contribution in [0, 0.1) is 0 Å². The number of fused-ring (bicyclic) bond motifs is 2. The first kappa shape index (κ1) is 22.8. The lowest BCUT2D eigenvalue weighted by molar-refractivity contribution is -0.116. The molecule has 0 atom stereocenters. The van der Waals surface area contributed by atoms with E-state index in [1.54, 1.807) is 19.4 Å². The highest BCUT2D eigenvalue weighted by Crippen LogP contribution is 2.39. The van der Waals surface area contributed by atoms with E-state index >= 15 is 0 Å². The van der Waals surface area contributed by atoms with Crippen LogP contribution in [0.25, 0.3) is 38.4 Å². The molecule has 0 unspecified atom stereocenters. The molecule has 5 heteroatoms.